The maximum Gasteiger partial charge on any atom is 0.132 e. The third kappa shape index (κ3) is 5.82. The molecule has 1 N–H and O–H groups in total. The summed E-state index contributed by atoms with van der Waals surface area (Å²) in [5.74, 6) is 2.54. The van der Waals surface area contributed by atoms with Gasteiger partial charge in [-0.05, 0) is 62.1 Å². The van der Waals surface area contributed by atoms with Gasteiger partial charge in [-0.1, -0.05) is 44.2 Å². The molecular formula is C28H39NO4. The Bertz CT molecular complexity index is 889. The monoisotopic (exact) mass is 453 g/mol. The van der Waals surface area contributed by atoms with Gasteiger partial charge in [0.05, 0.1) is 7.11 Å². The molecule has 2 aromatic rings. The lowest BCUT2D eigenvalue weighted by Gasteiger charge is -2.44. The Morgan fingerprint density at radius 2 is 1.76 bits per heavy atom. The molecule has 0 bridgehead atoms. The van der Waals surface area contributed by atoms with Crippen molar-refractivity contribution >= 4 is 5.69 Å². The van der Waals surface area contributed by atoms with Crippen molar-refractivity contribution in [2.24, 2.45) is 5.92 Å². The normalized spacial score (nSPS) is 22.3. The van der Waals surface area contributed by atoms with Crippen LogP contribution in [0.15, 0.2) is 42.5 Å². The summed E-state index contributed by atoms with van der Waals surface area (Å²) in [6.07, 6.45) is 7.59. The van der Waals surface area contributed by atoms with E-state index in [-0.39, 0.29) is 12.2 Å². The predicted octanol–water partition coefficient (Wildman–Crippen LogP) is 6.52. The summed E-state index contributed by atoms with van der Waals surface area (Å²) in [6.45, 7) is 5.65. The van der Waals surface area contributed by atoms with Gasteiger partial charge >= 0.3 is 0 Å². The molecule has 2 aliphatic rings. The van der Waals surface area contributed by atoms with Crippen LogP contribution in [0.3, 0.4) is 0 Å². The maximum atomic E-state index is 6.55. The average Bonchev–Trinajstić information content (AvgIpc) is 2.83. The van der Waals surface area contributed by atoms with E-state index < -0.39 is 5.60 Å². The Kier molecular flexibility index (Phi) is 7.82. The number of fused-ring (bicyclic) bond motifs is 1. The number of hydrogen-bond acceptors (Lipinski definition) is 5. The summed E-state index contributed by atoms with van der Waals surface area (Å²) in [5, 5.41) is 3.54. The van der Waals surface area contributed by atoms with Gasteiger partial charge in [-0.2, -0.15) is 0 Å². The van der Waals surface area contributed by atoms with Crippen LogP contribution in [0.25, 0.3) is 0 Å². The summed E-state index contributed by atoms with van der Waals surface area (Å²) in [4.78, 5) is 0. The second kappa shape index (κ2) is 10.8. The molecule has 5 nitrogen and oxygen atoms in total. The van der Waals surface area contributed by atoms with Gasteiger partial charge in [0.15, 0.2) is 0 Å². The number of benzene rings is 2. The standard InChI is InChI=1S/C28H39NO4/c1-28(2)27(31-4)26(32-17-16-20-8-6-5-7-9-20)24-18-22(12-15-25(24)33-28)29-19-21-10-13-23(30-3)14-11-21/h10-15,18,20,26-27,29H,5-9,16-17,19H2,1-4H3. The lowest BCUT2D eigenvalue weighted by Crippen LogP contribution is -2.50. The molecule has 5 heteroatoms. The molecule has 180 valence electrons. The van der Waals surface area contributed by atoms with Crippen molar-refractivity contribution in [3.8, 4) is 11.5 Å². The maximum absolute atomic E-state index is 6.55. The molecule has 1 saturated carbocycles. The van der Waals surface area contributed by atoms with Gasteiger partial charge in [-0.25, -0.2) is 0 Å². The van der Waals surface area contributed by atoms with E-state index in [9.17, 15) is 0 Å². The Morgan fingerprint density at radius 1 is 1.00 bits per heavy atom. The minimum absolute atomic E-state index is 0.153. The molecule has 0 radical (unpaired) electrons. The molecule has 33 heavy (non-hydrogen) atoms. The Labute approximate surface area is 198 Å². The van der Waals surface area contributed by atoms with Crippen molar-refractivity contribution in [2.45, 2.75) is 76.7 Å². The van der Waals surface area contributed by atoms with Gasteiger partial charge in [0, 0.05) is 31.5 Å². The van der Waals surface area contributed by atoms with Crippen LogP contribution in [-0.2, 0) is 16.0 Å². The van der Waals surface area contributed by atoms with Crippen LogP contribution in [0.5, 0.6) is 11.5 Å². The average molecular weight is 454 g/mol. The SMILES string of the molecule is COc1ccc(CNc2ccc3c(c2)C(OCCC2CCCCC2)C(OC)C(C)(C)O3)cc1. The van der Waals surface area contributed by atoms with Gasteiger partial charge in [-0.15, -0.1) is 0 Å². The summed E-state index contributed by atoms with van der Waals surface area (Å²) < 4.78 is 24.1. The van der Waals surface area contributed by atoms with Crippen LogP contribution < -0.4 is 14.8 Å². The molecular weight excluding hydrogens is 414 g/mol. The third-order valence-electron chi connectivity index (χ3n) is 7.11. The molecule has 0 amide bonds. The quantitative estimate of drug-likeness (QED) is 0.468. The van der Waals surface area contributed by atoms with E-state index in [1.165, 1.54) is 37.7 Å². The molecule has 2 unspecified atom stereocenters. The summed E-state index contributed by atoms with van der Waals surface area (Å²) in [6, 6.07) is 14.4. The molecule has 0 aromatic heterocycles. The molecule has 4 rings (SSSR count). The molecule has 1 heterocycles. The van der Waals surface area contributed by atoms with Crippen molar-refractivity contribution in [3.63, 3.8) is 0 Å². The van der Waals surface area contributed by atoms with Crippen molar-refractivity contribution < 1.29 is 18.9 Å². The largest absolute Gasteiger partial charge is 0.497 e. The molecule has 1 fully saturated rings. The van der Waals surface area contributed by atoms with Crippen molar-refractivity contribution in [3.05, 3.63) is 53.6 Å². The van der Waals surface area contributed by atoms with Gasteiger partial charge in [-0.3, -0.25) is 0 Å². The zero-order chi connectivity index (χ0) is 23.3. The van der Waals surface area contributed by atoms with Gasteiger partial charge in [0.1, 0.15) is 29.3 Å². The molecule has 2 atom stereocenters. The van der Waals surface area contributed by atoms with Crippen LogP contribution in [0.2, 0.25) is 0 Å². The topological polar surface area (TPSA) is 49.0 Å². The van der Waals surface area contributed by atoms with E-state index in [1.54, 1.807) is 14.2 Å². The minimum atomic E-state index is -0.463. The molecule has 0 spiro atoms. The molecule has 2 aromatic carbocycles. The van der Waals surface area contributed by atoms with E-state index in [0.29, 0.717) is 0 Å². The lowest BCUT2D eigenvalue weighted by atomic mass is 9.86. The highest BCUT2D eigenvalue weighted by Crippen LogP contribution is 2.44. The summed E-state index contributed by atoms with van der Waals surface area (Å²) in [7, 11) is 3.44. The van der Waals surface area contributed by atoms with E-state index >= 15 is 0 Å². The van der Waals surface area contributed by atoms with Gasteiger partial charge < -0.3 is 24.3 Å². The molecule has 1 aliphatic carbocycles. The first-order valence-electron chi connectivity index (χ1n) is 12.3. The van der Waals surface area contributed by atoms with Crippen molar-refractivity contribution in [1.82, 2.24) is 0 Å². The fourth-order valence-electron chi connectivity index (χ4n) is 5.21. The Balaban J connectivity index is 1.47. The molecule has 1 aliphatic heterocycles. The third-order valence-corrected chi connectivity index (χ3v) is 7.11. The van der Waals surface area contributed by atoms with Crippen LogP contribution in [0.4, 0.5) is 5.69 Å². The first kappa shape index (κ1) is 23.9. The number of ether oxygens (including phenoxy) is 4. The fraction of sp³-hybridized carbons (Fsp3) is 0.571. The Morgan fingerprint density at radius 3 is 2.45 bits per heavy atom. The fourth-order valence-corrected chi connectivity index (χ4v) is 5.21. The highest BCUT2D eigenvalue weighted by atomic mass is 16.6. The van der Waals surface area contributed by atoms with Gasteiger partial charge in [0.2, 0.25) is 0 Å². The highest BCUT2D eigenvalue weighted by molar-refractivity contribution is 5.54. The zero-order valence-corrected chi connectivity index (χ0v) is 20.6. The first-order valence-corrected chi connectivity index (χ1v) is 12.3. The first-order chi connectivity index (χ1) is 16.0. The Hall–Kier alpha value is -2.24. The highest BCUT2D eigenvalue weighted by Gasteiger charge is 2.45. The van der Waals surface area contributed by atoms with E-state index in [2.05, 4.69) is 49.5 Å². The number of hydrogen-bond donors (Lipinski definition) is 1. The summed E-state index contributed by atoms with van der Waals surface area (Å²) >= 11 is 0. The van der Waals surface area contributed by atoms with Crippen molar-refractivity contribution in [1.29, 1.82) is 0 Å². The predicted molar refractivity (Wildman–Crippen MR) is 132 cm³/mol. The lowest BCUT2D eigenvalue weighted by molar-refractivity contribution is -0.151. The number of rotatable bonds is 9. The number of anilines is 1. The van der Waals surface area contributed by atoms with Crippen LogP contribution in [0.1, 0.15) is 69.6 Å². The molecule has 0 saturated heterocycles. The van der Waals surface area contributed by atoms with Crippen LogP contribution in [0, 0.1) is 5.92 Å². The smallest absolute Gasteiger partial charge is 0.132 e. The number of methoxy groups -OCH3 is 2. The second-order valence-corrected chi connectivity index (χ2v) is 9.90. The van der Waals surface area contributed by atoms with Crippen molar-refractivity contribution in [2.75, 3.05) is 26.1 Å². The van der Waals surface area contributed by atoms with E-state index in [4.69, 9.17) is 18.9 Å². The minimum Gasteiger partial charge on any atom is -0.497 e. The zero-order valence-electron chi connectivity index (χ0n) is 20.6. The van der Waals surface area contributed by atoms with Crippen LogP contribution in [-0.4, -0.2) is 32.5 Å². The van der Waals surface area contributed by atoms with E-state index in [1.807, 2.05) is 12.1 Å². The number of nitrogens with one attached hydrogen (secondary N) is 1. The van der Waals surface area contributed by atoms with Crippen LogP contribution >= 0.6 is 0 Å². The van der Waals surface area contributed by atoms with Gasteiger partial charge in [0.25, 0.3) is 0 Å². The van der Waals surface area contributed by atoms with E-state index in [0.717, 1.165) is 48.2 Å². The summed E-state index contributed by atoms with van der Waals surface area (Å²) in [5.41, 5.74) is 2.84. The second-order valence-electron chi connectivity index (χ2n) is 9.90.